The summed E-state index contributed by atoms with van der Waals surface area (Å²) in [4.78, 5) is 10.1. The van der Waals surface area contributed by atoms with Crippen LogP contribution in [-0.2, 0) is 0 Å². The number of nitro groups is 1. The first-order chi connectivity index (χ1) is 7.69. The van der Waals surface area contributed by atoms with Crippen LogP contribution in [0.3, 0.4) is 0 Å². The first kappa shape index (κ1) is 11.9. The Kier molecular flexibility index (Phi) is 4.18. The Morgan fingerprint density at radius 3 is 2.88 bits per heavy atom. The van der Waals surface area contributed by atoms with Crippen LogP contribution >= 0.6 is 0 Å². The molecule has 1 rings (SSSR count). The van der Waals surface area contributed by atoms with Crippen molar-refractivity contribution in [3.05, 3.63) is 45.5 Å². The van der Waals surface area contributed by atoms with Crippen LogP contribution in [0, 0.1) is 21.4 Å². The fourth-order valence-corrected chi connectivity index (χ4v) is 1.19. The molecule has 1 N–H and O–H groups in total. The molecular weight excluding hydrogens is 208 g/mol. The number of hydrogen-bond donors (Lipinski definition) is 1. The molecule has 5 heteroatoms. The van der Waals surface area contributed by atoms with Gasteiger partial charge in [0.05, 0.1) is 4.92 Å². The summed E-state index contributed by atoms with van der Waals surface area (Å²) < 4.78 is 0. The molecule has 0 radical (unpaired) electrons. The Balaban J connectivity index is 3.04. The molecule has 1 aromatic rings. The monoisotopic (exact) mass is 218 g/mol. The van der Waals surface area contributed by atoms with E-state index in [9.17, 15) is 10.1 Å². The summed E-state index contributed by atoms with van der Waals surface area (Å²) in [6.45, 7) is 0.0366. The summed E-state index contributed by atoms with van der Waals surface area (Å²) in [5.74, 6) is 0. The predicted molar refractivity (Wildman–Crippen MR) is 58.5 cm³/mol. The molecule has 0 unspecified atom stereocenters. The molecule has 0 aromatic heterocycles. The Bertz CT molecular complexity index is 461. The van der Waals surface area contributed by atoms with Crippen molar-refractivity contribution in [2.24, 2.45) is 0 Å². The van der Waals surface area contributed by atoms with E-state index in [1.807, 2.05) is 0 Å². The average molecular weight is 218 g/mol. The van der Waals surface area contributed by atoms with Gasteiger partial charge >= 0.3 is 0 Å². The molecule has 16 heavy (non-hydrogen) atoms. The van der Waals surface area contributed by atoms with Crippen molar-refractivity contribution in [3.8, 4) is 6.07 Å². The Morgan fingerprint density at radius 2 is 2.31 bits per heavy atom. The van der Waals surface area contributed by atoms with Gasteiger partial charge in [0.2, 0.25) is 0 Å². The highest BCUT2D eigenvalue weighted by atomic mass is 16.6. The lowest BCUT2D eigenvalue weighted by atomic mass is 10.1. The zero-order valence-electron chi connectivity index (χ0n) is 8.46. The van der Waals surface area contributed by atoms with Gasteiger partial charge in [-0.1, -0.05) is 18.2 Å². The zero-order valence-corrected chi connectivity index (χ0v) is 8.46. The van der Waals surface area contributed by atoms with E-state index in [0.717, 1.165) is 0 Å². The van der Waals surface area contributed by atoms with Gasteiger partial charge < -0.3 is 5.11 Å². The SMILES string of the molecule is N#Cc1ccc(C=CCCO)cc1[N+](=O)[O-]. The molecule has 0 atom stereocenters. The fourth-order valence-electron chi connectivity index (χ4n) is 1.19. The van der Waals surface area contributed by atoms with Crippen molar-refractivity contribution in [1.82, 2.24) is 0 Å². The molecule has 82 valence electrons. The third-order valence-electron chi connectivity index (χ3n) is 1.95. The van der Waals surface area contributed by atoms with E-state index in [2.05, 4.69) is 0 Å². The zero-order chi connectivity index (χ0) is 12.0. The maximum Gasteiger partial charge on any atom is 0.287 e. The summed E-state index contributed by atoms with van der Waals surface area (Å²) in [6.07, 6.45) is 3.88. The minimum atomic E-state index is -0.581. The van der Waals surface area contributed by atoms with Crippen LogP contribution in [0.5, 0.6) is 0 Å². The number of hydrogen-bond acceptors (Lipinski definition) is 4. The van der Waals surface area contributed by atoms with E-state index in [0.29, 0.717) is 12.0 Å². The Labute approximate surface area is 92.4 Å². The summed E-state index contributed by atoms with van der Waals surface area (Å²) in [6, 6.07) is 6.14. The highest BCUT2D eigenvalue weighted by molar-refractivity contribution is 5.59. The van der Waals surface area contributed by atoms with E-state index in [1.165, 1.54) is 12.1 Å². The van der Waals surface area contributed by atoms with Crippen LogP contribution < -0.4 is 0 Å². The average Bonchev–Trinajstić information content (AvgIpc) is 2.29. The van der Waals surface area contributed by atoms with E-state index < -0.39 is 4.92 Å². The second kappa shape index (κ2) is 5.63. The van der Waals surface area contributed by atoms with Gasteiger partial charge in [0.1, 0.15) is 11.6 Å². The summed E-state index contributed by atoms with van der Waals surface area (Å²) >= 11 is 0. The van der Waals surface area contributed by atoms with Gasteiger partial charge in [0.15, 0.2) is 0 Å². The Hall–Kier alpha value is -2.19. The fraction of sp³-hybridized carbons (Fsp3) is 0.182. The van der Waals surface area contributed by atoms with Crippen molar-refractivity contribution in [2.75, 3.05) is 6.61 Å². The molecule has 5 nitrogen and oxygen atoms in total. The van der Waals surface area contributed by atoms with Crippen LogP contribution in [0.1, 0.15) is 17.5 Å². The molecule has 0 saturated carbocycles. The van der Waals surface area contributed by atoms with Crippen LogP contribution in [0.2, 0.25) is 0 Å². The van der Waals surface area contributed by atoms with Gasteiger partial charge in [-0.3, -0.25) is 10.1 Å². The number of nitrogens with zero attached hydrogens (tertiary/aromatic N) is 2. The van der Waals surface area contributed by atoms with Crippen LogP contribution in [0.25, 0.3) is 6.08 Å². The molecule has 0 fully saturated rings. The lowest BCUT2D eigenvalue weighted by molar-refractivity contribution is -0.385. The maximum atomic E-state index is 10.7. The van der Waals surface area contributed by atoms with E-state index >= 15 is 0 Å². The largest absolute Gasteiger partial charge is 0.396 e. The molecule has 0 amide bonds. The highest BCUT2D eigenvalue weighted by Crippen LogP contribution is 2.20. The number of nitro benzene ring substituents is 1. The van der Waals surface area contributed by atoms with Crippen molar-refractivity contribution >= 4 is 11.8 Å². The number of rotatable bonds is 4. The normalized spacial score (nSPS) is 10.2. The van der Waals surface area contributed by atoms with Crippen molar-refractivity contribution in [1.29, 1.82) is 5.26 Å². The number of aliphatic hydroxyl groups is 1. The molecule has 0 aliphatic carbocycles. The van der Waals surface area contributed by atoms with Gasteiger partial charge in [0, 0.05) is 12.7 Å². The van der Waals surface area contributed by atoms with Crippen LogP contribution in [0.15, 0.2) is 24.3 Å². The van der Waals surface area contributed by atoms with Gasteiger partial charge in [0.25, 0.3) is 5.69 Å². The third-order valence-corrected chi connectivity index (χ3v) is 1.95. The molecule has 0 bridgehead atoms. The van der Waals surface area contributed by atoms with Gasteiger partial charge in [-0.25, -0.2) is 0 Å². The standard InChI is InChI=1S/C11H10N2O3/c12-8-10-5-4-9(3-1-2-6-14)7-11(10)13(15)16/h1,3-5,7,14H,2,6H2. The van der Waals surface area contributed by atoms with Gasteiger partial charge in [-0.05, 0) is 18.1 Å². The second-order valence-corrected chi connectivity index (χ2v) is 3.06. The minimum Gasteiger partial charge on any atom is -0.396 e. The van der Waals surface area contributed by atoms with Gasteiger partial charge in [-0.15, -0.1) is 0 Å². The summed E-state index contributed by atoms with van der Waals surface area (Å²) in [5, 5.41) is 27.9. The number of aliphatic hydroxyl groups excluding tert-OH is 1. The molecular formula is C11H10N2O3. The topological polar surface area (TPSA) is 87.2 Å². The van der Waals surface area contributed by atoms with E-state index in [4.69, 9.17) is 10.4 Å². The second-order valence-electron chi connectivity index (χ2n) is 3.06. The first-order valence-corrected chi connectivity index (χ1v) is 4.65. The van der Waals surface area contributed by atoms with Crippen LogP contribution in [-0.4, -0.2) is 16.6 Å². The molecule has 0 saturated heterocycles. The highest BCUT2D eigenvalue weighted by Gasteiger charge is 2.12. The molecule has 1 aromatic carbocycles. The number of benzene rings is 1. The van der Waals surface area contributed by atoms with Crippen molar-refractivity contribution < 1.29 is 10.0 Å². The predicted octanol–water partition coefficient (Wildman–Crippen LogP) is 1.86. The van der Waals surface area contributed by atoms with Gasteiger partial charge in [-0.2, -0.15) is 5.26 Å². The van der Waals surface area contributed by atoms with Crippen LogP contribution in [0.4, 0.5) is 5.69 Å². The van der Waals surface area contributed by atoms with Crippen molar-refractivity contribution in [3.63, 3.8) is 0 Å². The lowest BCUT2D eigenvalue weighted by Crippen LogP contribution is -1.92. The quantitative estimate of drug-likeness (QED) is 0.617. The maximum absolute atomic E-state index is 10.7. The molecule has 0 heterocycles. The minimum absolute atomic E-state index is 0.0366. The van der Waals surface area contributed by atoms with E-state index in [1.54, 1.807) is 24.3 Å². The Morgan fingerprint density at radius 1 is 1.56 bits per heavy atom. The molecule has 0 aliphatic heterocycles. The van der Waals surface area contributed by atoms with E-state index in [-0.39, 0.29) is 17.9 Å². The molecule has 0 aliphatic rings. The first-order valence-electron chi connectivity index (χ1n) is 4.65. The number of nitriles is 1. The third kappa shape index (κ3) is 2.90. The molecule has 0 spiro atoms. The lowest BCUT2D eigenvalue weighted by Gasteiger charge is -1.96. The summed E-state index contributed by atoms with van der Waals surface area (Å²) in [5.41, 5.74) is 0.483. The smallest absolute Gasteiger partial charge is 0.287 e. The summed E-state index contributed by atoms with van der Waals surface area (Å²) in [7, 11) is 0. The van der Waals surface area contributed by atoms with Crippen molar-refractivity contribution in [2.45, 2.75) is 6.42 Å².